The van der Waals surface area contributed by atoms with Crippen LogP contribution in [0.25, 0.3) is 0 Å². The standard InChI is InChI=1S/C15H31O5P/c16-15(17)13-11-9-7-5-3-1-2-4-6-8-10-12-14-21(18,19)20/h1-14H2,(H,16,17)(H2,18,19,20). The van der Waals surface area contributed by atoms with E-state index >= 15 is 0 Å². The van der Waals surface area contributed by atoms with Crippen LogP contribution in [0.5, 0.6) is 0 Å². The normalized spacial score (nSPS) is 11.7. The van der Waals surface area contributed by atoms with E-state index in [-0.39, 0.29) is 6.16 Å². The van der Waals surface area contributed by atoms with E-state index in [2.05, 4.69) is 0 Å². The molecule has 126 valence electrons. The fourth-order valence-electron chi connectivity index (χ4n) is 2.36. The van der Waals surface area contributed by atoms with E-state index < -0.39 is 13.6 Å². The molecular formula is C15H31O5P. The highest BCUT2D eigenvalue weighted by Gasteiger charge is 2.10. The van der Waals surface area contributed by atoms with Crippen LogP contribution in [0.3, 0.4) is 0 Å². The molecule has 0 unspecified atom stereocenters. The Morgan fingerprint density at radius 3 is 1.33 bits per heavy atom. The van der Waals surface area contributed by atoms with Crippen molar-refractivity contribution in [3.63, 3.8) is 0 Å². The average Bonchev–Trinajstić information content (AvgIpc) is 2.37. The minimum atomic E-state index is -3.79. The van der Waals surface area contributed by atoms with Gasteiger partial charge in [0.1, 0.15) is 0 Å². The first-order valence-electron chi connectivity index (χ1n) is 8.18. The highest BCUT2D eigenvalue weighted by atomic mass is 31.2. The highest BCUT2D eigenvalue weighted by molar-refractivity contribution is 7.51. The van der Waals surface area contributed by atoms with Gasteiger partial charge in [-0.15, -0.1) is 0 Å². The maximum absolute atomic E-state index is 10.6. The summed E-state index contributed by atoms with van der Waals surface area (Å²) in [5.41, 5.74) is 0. The van der Waals surface area contributed by atoms with Crippen molar-refractivity contribution in [3.8, 4) is 0 Å². The lowest BCUT2D eigenvalue weighted by atomic mass is 10.0. The summed E-state index contributed by atoms with van der Waals surface area (Å²) in [6.45, 7) is 0. The topological polar surface area (TPSA) is 94.8 Å². The molecule has 21 heavy (non-hydrogen) atoms. The summed E-state index contributed by atoms with van der Waals surface area (Å²) in [5, 5.41) is 8.49. The van der Waals surface area contributed by atoms with Crippen molar-refractivity contribution in [3.05, 3.63) is 0 Å². The quantitative estimate of drug-likeness (QED) is 0.308. The molecule has 0 heterocycles. The second-order valence-corrected chi connectivity index (χ2v) is 7.55. The third-order valence-corrected chi connectivity index (χ3v) is 4.49. The zero-order valence-corrected chi connectivity index (χ0v) is 13.9. The highest BCUT2D eigenvalue weighted by Crippen LogP contribution is 2.35. The van der Waals surface area contributed by atoms with Crippen molar-refractivity contribution in [2.75, 3.05) is 6.16 Å². The molecule has 0 fully saturated rings. The largest absolute Gasteiger partial charge is 0.481 e. The Bertz CT molecular complexity index is 300. The molecule has 0 aliphatic heterocycles. The zero-order valence-electron chi connectivity index (χ0n) is 13.0. The summed E-state index contributed by atoms with van der Waals surface area (Å²) < 4.78 is 10.6. The van der Waals surface area contributed by atoms with Crippen molar-refractivity contribution in [2.45, 2.75) is 83.5 Å². The average molecular weight is 322 g/mol. The van der Waals surface area contributed by atoms with E-state index in [0.29, 0.717) is 12.8 Å². The number of carboxylic acid groups (broad SMARTS) is 1. The third-order valence-electron chi connectivity index (χ3n) is 3.59. The molecule has 0 aliphatic carbocycles. The van der Waals surface area contributed by atoms with E-state index in [1.807, 2.05) is 0 Å². The number of rotatable bonds is 15. The molecule has 0 saturated heterocycles. The summed E-state index contributed by atoms with van der Waals surface area (Å²) in [6, 6.07) is 0. The van der Waals surface area contributed by atoms with Gasteiger partial charge in [0.2, 0.25) is 0 Å². The molecule has 0 saturated carbocycles. The van der Waals surface area contributed by atoms with Gasteiger partial charge in [0.05, 0.1) is 0 Å². The summed E-state index contributed by atoms with van der Waals surface area (Å²) in [5.74, 6) is -0.698. The van der Waals surface area contributed by atoms with Gasteiger partial charge in [0.25, 0.3) is 0 Å². The lowest BCUT2D eigenvalue weighted by Crippen LogP contribution is -1.93. The minimum Gasteiger partial charge on any atom is -0.481 e. The monoisotopic (exact) mass is 322 g/mol. The van der Waals surface area contributed by atoms with Gasteiger partial charge < -0.3 is 14.9 Å². The zero-order chi connectivity index (χ0) is 16.0. The number of carbonyl (C=O) groups is 1. The SMILES string of the molecule is O=C(O)CCCCCCCCCCCCCCP(=O)(O)O. The Hall–Kier alpha value is -0.380. The molecule has 0 atom stereocenters. The lowest BCUT2D eigenvalue weighted by Gasteiger charge is -2.04. The summed E-state index contributed by atoms with van der Waals surface area (Å²) in [4.78, 5) is 27.7. The molecule has 0 amide bonds. The molecule has 0 aromatic rings. The molecular weight excluding hydrogens is 291 g/mol. The molecule has 0 bridgehead atoms. The number of hydrogen-bond donors (Lipinski definition) is 3. The third kappa shape index (κ3) is 19.6. The second kappa shape index (κ2) is 13.3. The molecule has 6 heteroatoms. The van der Waals surface area contributed by atoms with Crippen LogP contribution in [0.4, 0.5) is 0 Å². The van der Waals surface area contributed by atoms with Crippen molar-refractivity contribution < 1.29 is 24.3 Å². The number of unbranched alkanes of at least 4 members (excludes halogenated alkanes) is 11. The fourth-order valence-corrected chi connectivity index (χ4v) is 3.00. The van der Waals surface area contributed by atoms with E-state index in [1.165, 1.54) is 32.1 Å². The Morgan fingerprint density at radius 1 is 0.667 bits per heavy atom. The Balaban J connectivity index is 3.06. The van der Waals surface area contributed by atoms with Gasteiger partial charge in [0.15, 0.2) is 0 Å². The number of hydrogen-bond acceptors (Lipinski definition) is 2. The number of aliphatic carboxylic acids is 1. The predicted octanol–water partition coefficient (Wildman–Crippen LogP) is 4.32. The first kappa shape index (κ1) is 20.6. The van der Waals surface area contributed by atoms with Crippen LogP contribution in [0.15, 0.2) is 0 Å². The summed E-state index contributed by atoms with van der Waals surface area (Å²) in [6.07, 6.45) is 13.1. The van der Waals surface area contributed by atoms with Gasteiger partial charge >= 0.3 is 13.6 Å². The number of carboxylic acids is 1. The first-order chi connectivity index (χ1) is 9.92. The maximum atomic E-state index is 10.6. The smallest absolute Gasteiger partial charge is 0.325 e. The van der Waals surface area contributed by atoms with Gasteiger partial charge in [-0.1, -0.05) is 64.2 Å². The van der Waals surface area contributed by atoms with Crippen LogP contribution < -0.4 is 0 Å². The van der Waals surface area contributed by atoms with Crippen molar-refractivity contribution in [1.82, 2.24) is 0 Å². The Labute approximate surface area is 128 Å². The molecule has 0 aromatic heterocycles. The fraction of sp³-hybridized carbons (Fsp3) is 0.933. The van der Waals surface area contributed by atoms with E-state index in [0.717, 1.165) is 38.5 Å². The maximum Gasteiger partial charge on any atom is 0.325 e. The molecule has 0 spiro atoms. The van der Waals surface area contributed by atoms with Crippen molar-refractivity contribution in [1.29, 1.82) is 0 Å². The van der Waals surface area contributed by atoms with Gasteiger partial charge in [0, 0.05) is 12.6 Å². The van der Waals surface area contributed by atoms with Crippen molar-refractivity contribution >= 4 is 13.6 Å². The molecule has 5 nitrogen and oxygen atoms in total. The lowest BCUT2D eigenvalue weighted by molar-refractivity contribution is -0.137. The molecule has 0 aliphatic rings. The molecule has 0 rings (SSSR count). The van der Waals surface area contributed by atoms with E-state index in [1.54, 1.807) is 0 Å². The molecule has 0 aromatic carbocycles. The predicted molar refractivity (Wildman–Crippen MR) is 84.6 cm³/mol. The first-order valence-corrected chi connectivity index (χ1v) is 9.98. The van der Waals surface area contributed by atoms with Gasteiger partial charge in [-0.3, -0.25) is 9.36 Å². The molecule has 3 N–H and O–H groups in total. The Kier molecular flexibility index (Phi) is 13.1. The van der Waals surface area contributed by atoms with Crippen molar-refractivity contribution in [2.24, 2.45) is 0 Å². The Morgan fingerprint density at radius 2 is 1.00 bits per heavy atom. The van der Waals surface area contributed by atoms with E-state index in [9.17, 15) is 9.36 Å². The summed E-state index contributed by atoms with van der Waals surface area (Å²) >= 11 is 0. The van der Waals surface area contributed by atoms with Crippen LogP contribution in [0.1, 0.15) is 83.5 Å². The molecule has 0 radical (unpaired) electrons. The van der Waals surface area contributed by atoms with E-state index in [4.69, 9.17) is 14.9 Å². The summed E-state index contributed by atoms with van der Waals surface area (Å²) in [7, 11) is -3.79. The van der Waals surface area contributed by atoms with Gasteiger partial charge in [-0.25, -0.2) is 0 Å². The second-order valence-electron chi connectivity index (χ2n) is 5.77. The van der Waals surface area contributed by atoms with Gasteiger partial charge in [-0.05, 0) is 12.8 Å². The van der Waals surface area contributed by atoms with Crippen LogP contribution in [0.2, 0.25) is 0 Å². The van der Waals surface area contributed by atoms with Gasteiger partial charge in [-0.2, -0.15) is 0 Å². The van der Waals surface area contributed by atoms with Crippen LogP contribution in [-0.2, 0) is 9.36 Å². The minimum absolute atomic E-state index is 0.0227. The van der Waals surface area contributed by atoms with Crippen LogP contribution >= 0.6 is 7.60 Å². The van der Waals surface area contributed by atoms with Crippen LogP contribution in [0, 0.1) is 0 Å². The van der Waals surface area contributed by atoms with Crippen LogP contribution in [-0.4, -0.2) is 27.0 Å².